The molecule has 10 nitrogen and oxygen atoms in total. The first-order valence-corrected chi connectivity index (χ1v) is 13.2. The van der Waals surface area contributed by atoms with E-state index in [0.717, 1.165) is 18.6 Å². The Hall–Kier alpha value is -2.31. The monoisotopic (exact) mass is 500 g/mol. The number of aliphatic hydroxyl groups excluding tert-OH is 3. The zero-order valence-corrected chi connectivity index (χ0v) is 20.5. The molecule has 0 aliphatic heterocycles. The predicted octanol–water partition coefficient (Wildman–Crippen LogP) is 2.13. The van der Waals surface area contributed by atoms with Gasteiger partial charge in [-0.1, -0.05) is 54.2 Å². The molecule has 2 unspecified atom stereocenters. The van der Waals surface area contributed by atoms with E-state index in [9.17, 15) is 10.2 Å². The van der Waals surface area contributed by atoms with E-state index in [1.807, 2.05) is 6.07 Å². The van der Waals surface area contributed by atoms with E-state index in [1.54, 1.807) is 16.4 Å². The van der Waals surface area contributed by atoms with E-state index < -0.39 is 24.4 Å². The molecule has 5 rings (SSSR count). The van der Waals surface area contributed by atoms with Crippen molar-refractivity contribution < 1.29 is 20.1 Å². The normalized spacial score (nSPS) is 28.0. The molecule has 4 N–H and O–H groups in total. The molecule has 3 aromatic rings. The van der Waals surface area contributed by atoms with Crippen LogP contribution in [0, 0.1) is 0 Å². The van der Waals surface area contributed by atoms with Crippen LogP contribution < -0.4 is 5.32 Å². The number of benzene rings is 1. The molecule has 0 amide bonds. The number of hydrogen-bond donors (Lipinski definition) is 4. The molecular weight excluding hydrogens is 468 g/mol. The van der Waals surface area contributed by atoms with E-state index in [1.165, 1.54) is 5.56 Å². The number of aromatic nitrogens is 5. The van der Waals surface area contributed by atoms with Gasteiger partial charge in [0.15, 0.2) is 22.1 Å². The fraction of sp³-hybridized carbons (Fsp3) is 0.583. The number of hydrogen-bond acceptors (Lipinski definition) is 10. The van der Waals surface area contributed by atoms with Crippen LogP contribution in [0.25, 0.3) is 11.2 Å². The Morgan fingerprint density at radius 2 is 1.97 bits per heavy atom. The van der Waals surface area contributed by atoms with Crippen molar-refractivity contribution in [1.82, 2.24) is 25.0 Å². The summed E-state index contributed by atoms with van der Waals surface area (Å²) >= 11 is 1.57. The van der Waals surface area contributed by atoms with Crippen molar-refractivity contribution in [3.05, 3.63) is 35.9 Å². The molecule has 11 heteroatoms. The standard InChI is InChI=1S/C24H32N6O4S/c1-2-11-35-24-26-22(25-16-12-15(16)14-7-4-3-5-8-14)19-23(27-24)30(29-28-19)17-13-18(21(33)20(17)32)34-10-6-9-31/h3-5,7-8,15-18,20-21,31-33H,2,6,9-13H2,1H3,(H,25,26,27)/t15?,16?,17-,18+,20+,21-/m1/s1. The number of nitrogens with zero attached hydrogens (tertiary/aromatic N) is 5. The summed E-state index contributed by atoms with van der Waals surface area (Å²) in [6, 6.07) is 10.2. The average molecular weight is 501 g/mol. The molecule has 2 heterocycles. The van der Waals surface area contributed by atoms with Crippen LogP contribution in [0.4, 0.5) is 5.82 Å². The van der Waals surface area contributed by atoms with Crippen LogP contribution >= 0.6 is 11.8 Å². The van der Waals surface area contributed by atoms with Crippen LogP contribution in [0.3, 0.4) is 0 Å². The summed E-state index contributed by atoms with van der Waals surface area (Å²) in [6.07, 6.45) is 0.184. The third kappa shape index (κ3) is 5.14. The first-order valence-electron chi connectivity index (χ1n) is 12.3. The molecule has 2 aromatic heterocycles. The lowest BCUT2D eigenvalue weighted by molar-refractivity contribution is -0.0586. The molecule has 35 heavy (non-hydrogen) atoms. The summed E-state index contributed by atoms with van der Waals surface area (Å²) in [7, 11) is 0. The maximum absolute atomic E-state index is 10.8. The largest absolute Gasteiger partial charge is 0.396 e. The minimum atomic E-state index is -1.07. The summed E-state index contributed by atoms with van der Waals surface area (Å²) in [5, 5.41) is 43.2. The van der Waals surface area contributed by atoms with Gasteiger partial charge in [0.1, 0.15) is 12.2 Å². The number of nitrogens with one attached hydrogen (secondary N) is 1. The minimum Gasteiger partial charge on any atom is -0.396 e. The molecule has 1 aromatic carbocycles. The zero-order chi connectivity index (χ0) is 24.4. The van der Waals surface area contributed by atoms with Crippen molar-refractivity contribution >= 4 is 28.7 Å². The summed E-state index contributed by atoms with van der Waals surface area (Å²) in [5.74, 6) is 1.95. The fourth-order valence-electron chi connectivity index (χ4n) is 4.67. The Bertz CT molecular complexity index is 1130. The van der Waals surface area contributed by atoms with Crippen molar-refractivity contribution in [3.8, 4) is 0 Å². The highest BCUT2D eigenvalue weighted by Gasteiger charge is 2.45. The van der Waals surface area contributed by atoms with Gasteiger partial charge in [-0.15, -0.1) is 5.10 Å². The second kappa shape index (κ2) is 10.8. The number of anilines is 1. The van der Waals surface area contributed by atoms with Crippen molar-refractivity contribution in [2.45, 2.75) is 74.1 Å². The molecule has 2 fully saturated rings. The lowest BCUT2D eigenvalue weighted by Crippen LogP contribution is -2.33. The molecule has 2 aliphatic carbocycles. The van der Waals surface area contributed by atoms with Gasteiger partial charge in [0.05, 0.1) is 12.1 Å². The van der Waals surface area contributed by atoms with Gasteiger partial charge in [-0.3, -0.25) is 0 Å². The molecule has 0 spiro atoms. The van der Waals surface area contributed by atoms with Crippen LogP contribution in [0.1, 0.15) is 50.1 Å². The molecule has 0 radical (unpaired) electrons. The second-order valence-electron chi connectivity index (χ2n) is 9.18. The predicted molar refractivity (Wildman–Crippen MR) is 132 cm³/mol. The van der Waals surface area contributed by atoms with Gasteiger partial charge in [0.25, 0.3) is 0 Å². The SMILES string of the molecule is CCCSc1nc(NC2CC2c2ccccc2)c2nnn([C@@H]3C[C@H](OCCCO)[C@@H](O)[C@H]3O)c2n1. The van der Waals surface area contributed by atoms with Crippen molar-refractivity contribution in [3.63, 3.8) is 0 Å². The molecule has 2 saturated carbocycles. The molecule has 0 saturated heterocycles. The Labute approximate surface area is 208 Å². The first-order chi connectivity index (χ1) is 17.1. The third-order valence-electron chi connectivity index (χ3n) is 6.63. The summed E-state index contributed by atoms with van der Waals surface area (Å²) in [4.78, 5) is 9.48. The van der Waals surface area contributed by atoms with Crippen LogP contribution in [-0.2, 0) is 4.74 Å². The Balaban J connectivity index is 1.41. The second-order valence-corrected chi connectivity index (χ2v) is 10.2. The highest BCUT2D eigenvalue weighted by molar-refractivity contribution is 7.99. The molecule has 6 atom stereocenters. The van der Waals surface area contributed by atoms with Gasteiger partial charge >= 0.3 is 0 Å². The van der Waals surface area contributed by atoms with Crippen molar-refractivity contribution in [2.75, 3.05) is 24.3 Å². The van der Waals surface area contributed by atoms with Gasteiger partial charge in [0, 0.05) is 37.3 Å². The van der Waals surface area contributed by atoms with Crippen LogP contribution in [0.15, 0.2) is 35.5 Å². The van der Waals surface area contributed by atoms with Crippen LogP contribution in [0.5, 0.6) is 0 Å². The molecule has 188 valence electrons. The van der Waals surface area contributed by atoms with E-state index in [2.05, 4.69) is 46.8 Å². The van der Waals surface area contributed by atoms with Crippen molar-refractivity contribution in [2.24, 2.45) is 0 Å². The maximum atomic E-state index is 10.8. The smallest absolute Gasteiger partial charge is 0.191 e. The quantitative estimate of drug-likeness (QED) is 0.176. The van der Waals surface area contributed by atoms with Gasteiger partial charge < -0.3 is 25.4 Å². The summed E-state index contributed by atoms with van der Waals surface area (Å²) < 4.78 is 7.30. The van der Waals surface area contributed by atoms with Crippen LogP contribution in [-0.4, -0.2) is 83.6 Å². The number of aliphatic hydroxyl groups is 3. The van der Waals surface area contributed by atoms with Gasteiger partial charge in [-0.2, -0.15) is 0 Å². The van der Waals surface area contributed by atoms with E-state index >= 15 is 0 Å². The Morgan fingerprint density at radius 1 is 1.14 bits per heavy atom. The van der Waals surface area contributed by atoms with Gasteiger partial charge in [-0.25, -0.2) is 14.6 Å². The third-order valence-corrected chi connectivity index (χ3v) is 7.68. The number of thioether (sulfide) groups is 1. The van der Waals surface area contributed by atoms with E-state index in [4.69, 9.17) is 19.8 Å². The van der Waals surface area contributed by atoms with E-state index in [-0.39, 0.29) is 12.6 Å². The van der Waals surface area contributed by atoms with Gasteiger partial charge in [-0.05, 0) is 24.8 Å². The molecule has 0 bridgehead atoms. The summed E-state index contributed by atoms with van der Waals surface area (Å²) in [6.45, 7) is 2.44. The summed E-state index contributed by atoms with van der Waals surface area (Å²) in [5.41, 5.74) is 2.39. The molecular formula is C24H32N6O4S. The van der Waals surface area contributed by atoms with Crippen LogP contribution in [0.2, 0.25) is 0 Å². The number of rotatable bonds is 11. The lowest BCUT2D eigenvalue weighted by atomic mass is 10.1. The first kappa shape index (κ1) is 24.4. The van der Waals surface area contributed by atoms with Gasteiger partial charge in [0.2, 0.25) is 0 Å². The van der Waals surface area contributed by atoms with E-state index in [0.29, 0.717) is 47.5 Å². The lowest BCUT2D eigenvalue weighted by Gasteiger charge is -2.17. The molecule has 2 aliphatic rings. The Morgan fingerprint density at radius 3 is 2.74 bits per heavy atom. The minimum absolute atomic E-state index is 0.0134. The zero-order valence-electron chi connectivity index (χ0n) is 19.7. The average Bonchev–Trinajstić information content (AvgIpc) is 3.43. The maximum Gasteiger partial charge on any atom is 0.191 e. The highest BCUT2D eigenvalue weighted by atomic mass is 32.2. The number of fused-ring (bicyclic) bond motifs is 1. The van der Waals surface area contributed by atoms with Crippen molar-refractivity contribution in [1.29, 1.82) is 0 Å². The Kier molecular flexibility index (Phi) is 7.49. The highest BCUT2D eigenvalue weighted by Crippen LogP contribution is 2.43. The number of ether oxygens (including phenoxy) is 1. The fourth-order valence-corrected chi connectivity index (χ4v) is 5.36. The topological polar surface area (TPSA) is 138 Å².